The van der Waals surface area contributed by atoms with E-state index in [0.717, 1.165) is 50.1 Å². The van der Waals surface area contributed by atoms with Crippen molar-refractivity contribution in [3.8, 4) is 33.4 Å². The molecule has 58 heavy (non-hydrogen) atoms. The van der Waals surface area contributed by atoms with E-state index in [-0.39, 0.29) is 0 Å². The minimum atomic E-state index is -0.523. The van der Waals surface area contributed by atoms with E-state index >= 15 is 0 Å². The van der Waals surface area contributed by atoms with E-state index in [1.807, 2.05) is 23.9 Å². The molecule has 2 heterocycles. The quantitative estimate of drug-likeness (QED) is 0.174. The number of benzene rings is 9. The maximum absolute atomic E-state index is 6.30. The lowest BCUT2D eigenvalue weighted by Gasteiger charge is -2.42. The van der Waals surface area contributed by atoms with E-state index in [9.17, 15) is 0 Å². The summed E-state index contributed by atoms with van der Waals surface area (Å²) >= 11 is 1.88. The number of nitrogens with zero attached hydrogens (tertiary/aromatic N) is 1. The highest BCUT2D eigenvalue weighted by molar-refractivity contribution is 7.99. The number of fused-ring (bicyclic) bond motifs is 12. The van der Waals surface area contributed by atoms with Crippen LogP contribution in [0, 0.1) is 0 Å². The van der Waals surface area contributed by atoms with Crippen molar-refractivity contribution >= 4 is 50.8 Å². The van der Waals surface area contributed by atoms with Crippen molar-refractivity contribution in [3.63, 3.8) is 0 Å². The largest absolute Gasteiger partial charge is 0.456 e. The first-order valence-electron chi connectivity index (χ1n) is 19.8. The van der Waals surface area contributed by atoms with Gasteiger partial charge in [-0.05, 0) is 111 Å². The summed E-state index contributed by atoms with van der Waals surface area (Å²) in [7, 11) is 0. The van der Waals surface area contributed by atoms with E-state index in [0.29, 0.717) is 0 Å². The molecule has 0 amide bonds. The summed E-state index contributed by atoms with van der Waals surface area (Å²) in [6, 6.07) is 77.6. The Labute approximate surface area is 341 Å². The predicted molar refractivity (Wildman–Crippen MR) is 241 cm³/mol. The fourth-order valence-corrected chi connectivity index (χ4v) is 10.9. The third-order valence-electron chi connectivity index (χ3n) is 12.2. The molecule has 12 rings (SSSR count). The van der Waals surface area contributed by atoms with Gasteiger partial charge >= 0.3 is 0 Å². The molecule has 1 aromatic heterocycles. The first-order chi connectivity index (χ1) is 28.8. The van der Waals surface area contributed by atoms with Crippen LogP contribution in [0.5, 0.6) is 0 Å². The zero-order valence-corrected chi connectivity index (χ0v) is 32.3. The lowest BCUT2D eigenvalue weighted by molar-refractivity contribution is 0.669. The normalized spacial score (nSPS) is 13.2. The zero-order valence-electron chi connectivity index (χ0n) is 31.5. The van der Waals surface area contributed by atoms with Gasteiger partial charge in [0.2, 0.25) is 0 Å². The van der Waals surface area contributed by atoms with Crippen molar-refractivity contribution in [1.29, 1.82) is 0 Å². The molecule has 9 aromatic carbocycles. The molecule has 0 bridgehead atoms. The number of anilines is 3. The van der Waals surface area contributed by atoms with E-state index < -0.39 is 5.41 Å². The van der Waals surface area contributed by atoms with Crippen molar-refractivity contribution in [3.05, 3.63) is 235 Å². The van der Waals surface area contributed by atoms with Crippen LogP contribution >= 0.6 is 11.8 Å². The van der Waals surface area contributed by atoms with Crippen molar-refractivity contribution in [1.82, 2.24) is 0 Å². The molecule has 3 heteroatoms. The van der Waals surface area contributed by atoms with Crippen LogP contribution < -0.4 is 4.90 Å². The summed E-state index contributed by atoms with van der Waals surface area (Å²) in [5.41, 5.74) is 17.2. The second-order valence-corrected chi connectivity index (χ2v) is 16.3. The molecule has 0 unspecified atom stereocenters. The van der Waals surface area contributed by atoms with Gasteiger partial charge < -0.3 is 9.32 Å². The molecule has 2 aliphatic rings. The lowest BCUT2D eigenvalue weighted by Crippen LogP contribution is -2.33. The Balaban J connectivity index is 1.08. The van der Waals surface area contributed by atoms with E-state index in [2.05, 4.69) is 205 Å². The molecular formula is C55H35NOS. The first kappa shape index (κ1) is 33.1. The van der Waals surface area contributed by atoms with Gasteiger partial charge in [-0.15, -0.1) is 0 Å². The van der Waals surface area contributed by atoms with Crippen LogP contribution in [0.3, 0.4) is 0 Å². The molecule has 1 aliphatic heterocycles. The molecule has 2 nitrogen and oxygen atoms in total. The number of para-hydroxylation sites is 1. The van der Waals surface area contributed by atoms with Gasteiger partial charge in [-0.2, -0.15) is 0 Å². The summed E-state index contributed by atoms with van der Waals surface area (Å²) in [6.07, 6.45) is 0. The van der Waals surface area contributed by atoms with Gasteiger partial charge in [0.1, 0.15) is 11.2 Å². The average molecular weight is 758 g/mol. The third-order valence-corrected chi connectivity index (χ3v) is 13.3. The Morgan fingerprint density at radius 2 is 0.914 bits per heavy atom. The first-order valence-corrected chi connectivity index (χ1v) is 20.6. The Bertz CT molecular complexity index is 3150. The van der Waals surface area contributed by atoms with Crippen LogP contribution in [0.2, 0.25) is 0 Å². The lowest BCUT2D eigenvalue weighted by atomic mass is 9.66. The molecular weight excluding hydrogens is 723 g/mol. The maximum atomic E-state index is 6.30. The minimum Gasteiger partial charge on any atom is -0.456 e. The predicted octanol–water partition coefficient (Wildman–Crippen LogP) is 15.2. The van der Waals surface area contributed by atoms with Crippen LogP contribution in [-0.4, -0.2) is 0 Å². The number of furan rings is 1. The van der Waals surface area contributed by atoms with Crippen LogP contribution in [0.4, 0.5) is 17.1 Å². The fraction of sp³-hybridized carbons (Fsp3) is 0.0182. The van der Waals surface area contributed by atoms with Gasteiger partial charge in [-0.1, -0.05) is 163 Å². The standard InChI is InChI=1S/C55H35NOS/c1-2-13-36(14-3-1)37-25-30-40(31-26-37)56(41-32-27-38(28-33-41)39-29-34-45-44-17-6-10-22-50(44)57-51(45)35-39)49-21-12-24-53-54(49)55(48-20-9-11-23-52(48)58-53)46-18-7-4-15-42(46)43-16-5-8-19-47(43)55/h1-35H. The van der Waals surface area contributed by atoms with Gasteiger partial charge in [-0.3, -0.25) is 0 Å². The van der Waals surface area contributed by atoms with Crippen LogP contribution in [-0.2, 0) is 5.41 Å². The Morgan fingerprint density at radius 1 is 0.379 bits per heavy atom. The minimum absolute atomic E-state index is 0.523. The summed E-state index contributed by atoms with van der Waals surface area (Å²) in [4.78, 5) is 5.03. The molecule has 0 radical (unpaired) electrons. The van der Waals surface area contributed by atoms with Crippen molar-refractivity contribution in [2.75, 3.05) is 4.90 Å². The highest BCUT2D eigenvalue weighted by Crippen LogP contribution is 2.64. The monoisotopic (exact) mass is 757 g/mol. The maximum Gasteiger partial charge on any atom is 0.136 e. The van der Waals surface area contributed by atoms with Gasteiger partial charge in [0, 0.05) is 37.5 Å². The SMILES string of the molecule is c1ccc(-c2ccc(N(c3ccc(-c4ccc5c(c4)oc4ccccc45)cc3)c3cccc4c3C3(c5ccccc5S4)c4ccccc4-c4ccccc43)cc2)cc1. The molecule has 1 spiro atoms. The van der Waals surface area contributed by atoms with Crippen molar-refractivity contribution in [2.24, 2.45) is 0 Å². The smallest absolute Gasteiger partial charge is 0.136 e. The summed E-state index contributed by atoms with van der Waals surface area (Å²) in [6.45, 7) is 0. The molecule has 0 N–H and O–H groups in total. The molecule has 10 aromatic rings. The van der Waals surface area contributed by atoms with Crippen LogP contribution in [0.25, 0.3) is 55.3 Å². The number of rotatable bonds is 5. The highest BCUT2D eigenvalue weighted by atomic mass is 32.2. The second kappa shape index (κ2) is 13.0. The Morgan fingerprint density at radius 3 is 1.64 bits per heavy atom. The van der Waals surface area contributed by atoms with E-state index in [1.165, 1.54) is 54.3 Å². The molecule has 0 atom stereocenters. The number of hydrogen-bond acceptors (Lipinski definition) is 3. The zero-order chi connectivity index (χ0) is 38.2. The summed E-state index contributed by atoms with van der Waals surface area (Å²) in [5, 5.41) is 2.28. The third kappa shape index (κ3) is 4.87. The van der Waals surface area contributed by atoms with Gasteiger partial charge in [-0.25, -0.2) is 0 Å². The fourth-order valence-electron chi connectivity index (χ4n) is 9.65. The topological polar surface area (TPSA) is 16.4 Å². The summed E-state index contributed by atoms with van der Waals surface area (Å²) in [5.74, 6) is 0. The highest BCUT2D eigenvalue weighted by Gasteiger charge is 2.51. The second-order valence-electron chi connectivity index (χ2n) is 15.2. The van der Waals surface area contributed by atoms with Crippen LogP contribution in [0.15, 0.2) is 227 Å². The molecule has 0 saturated heterocycles. The molecule has 0 saturated carbocycles. The van der Waals surface area contributed by atoms with Crippen molar-refractivity contribution < 1.29 is 4.42 Å². The van der Waals surface area contributed by atoms with Gasteiger partial charge in [0.05, 0.1) is 11.1 Å². The molecule has 0 fully saturated rings. The number of hydrogen-bond donors (Lipinski definition) is 0. The molecule has 272 valence electrons. The Kier molecular flexibility index (Phi) is 7.41. The Hall–Kier alpha value is -7.07. The summed E-state index contributed by atoms with van der Waals surface area (Å²) < 4.78 is 6.30. The van der Waals surface area contributed by atoms with Gasteiger partial charge in [0.25, 0.3) is 0 Å². The average Bonchev–Trinajstić information content (AvgIpc) is 3.81. The van der Waals surface area contributed by atoms with Crippen LogP contribution in [0.1, 0.15) is 22.3 Å². The van der Waals surface area contributed by atoms with E-state index in [1.54, 1.807) is 0 Å². The molecule has 1 aliphatic carbocycles. The van der Waals surface area contributed by atoms with E-state index in [4.69, 9.17) is 4.42 Å². The van der Waals surface area contributed by atoms with Gasteiger partial charge in [0.15, 0.2) is 0 Å². The van der Waals surface area contributed by atoms with Crippen molar-refractivity contribution in [2.45, 2.75) is 15.2 Å².